The third-order valence-electron chi connectivity index (χ3n) is 2.67. The number of carbonyl (C=O) groups excluding carboxylic acids is 2. The number of esters is 1. The van der Waals surface area contributed by atoms with E-state index in [1.165, 1.54) is 0 Å². The van der Waals surface area contributed by atoms with Gasteiger partial charge in [-0.05, 0) is 67.7 Å². The third kappa shape index (κ3) is 6.29. The summed E-state index contributed by atoms with van der Waals surface area (Å²) in [5.41, 5.74) is 2.32. The highest BCUT2D eigenvalue weighted by Crippen LogP contribution is 2.28. The van der Waals surface area contributed by atoms with Crippen LogP contribution in [0, 0.1) is 13.8 Å². The second-order valence-corrected chi connectivity index (χ2v) is 6.93. The van der Waals surface area contributed by atoms with Crippen LogP contribution in [0.25, 0.3) is 0 Å². The van der Waals surface area contributed by atoms with Gasteiger partial charge in [-0.1, -0.05) is 6.07 Å². The van der Waals surface area contributed by atoms with E-state index in [1.807, 2.05) is 26.0 Å². The zero-order valence-electron chi connectivity index (χ0n) is 13.2. The number of halogens is 1. The van der Waals surface area contributed by atoms with Crippen LogP contribution >= 0.6 is 15.9 Å². The molecule has 4 nitrogen and oxygen atoms in total. The van der Waals surface area contributed by atoms with Gasteiger partial charge in [-0.3, -0.25) is 9.59 Å². The molecule has 0 fully saturated rings. The first-order valence-electron chi connectivity index (χ1n) is 6.87. The van der Waals surface area contributed by atoms with E-state index in [-0.39, 0.29) is 24.7 Å². The highest BCUT2D eigenvalue weighted by atomic mass is 79.9. The van der Waals surface area contributed by atoms with E-state index in [9.17, 15) is 9.59 Å². The average Bonchev–Trinajstić information content (AvgIpc) is 2.29. The minimum Gasteiger partial charge on any atom is -0.460 e. The van der Waals surface area contributed by atoms with Gasteiger partial charge < -0.3 is 10.1 Å². The van der Waals surface area contributed by atoms with Crippen LogP contribution in [0.2, 0.25) is 0 Å². The maximum atomic E-state index is 11.9. The summed E-state index contributed by atoms with van der Waals surface area (Å²) in [7, 11) is 0. The van der Waals surface area contributed by atoms with E-state index < -0.39 is 5.60 Å². The molecule has 0 aromatic heterocycles. The average molecular weight is 356 g/mol. The highest BCUT2D eigenvalue weighted by molar-refractivity contribution is 9.10. The van der Waals surface area contributed by atoms with E-state index >= 15 is 0 Å². The summed E-state index contributed by atoms with van der Waals surface area (Å²) < 4.78 is 6.01. The van der Waals surface area contributed by atoms with Crippen LogP contribution in [0.4, 0.5) is 5.69 Å². The van der Waals surface area contributed by atoms with E-state index in [4.69, 9.17) is 4.74 Å². The second kappa shape index (κ2) is 7.07. The fraction of sp³-hybridized carbons (Fsp3) is 0.500. The Morgan fingerprint density at radius 1 is 1.19 bits per heavy atom. The molecule has 1 amide bonds. The molecule has 0 aliphatic carbocycles. The minimum absolute atomic E-state index is 0.0750. The zero-order chi connectivity index (χ0) is 16.2. The number of carbonyl (C=O) groups is 2. The van der Waals surface area contributed by atoms with Gasteiger partial charge in [-0.15, -0.1) is 0 Å². The summed E-state index contributed by atoms with van der Waals surface area (Å²) >= 11 is 3.44. The van der Waals surface area contributed by atoms with Gasteiger partial charge in [0.15, 0.2) is 0 Å². The maximum Gasteiger partial charge on any atom is 0.306 e. The van der Waals surface area contributed by atoms with Crippen molar-refractivity contribution in [3.63, 3.8) is 0 Å². The summed E-state index contributed by atoms with van der Waals surface area (Å²) in [5, 5.41) is 2.83. The normalized spacial score (nSPS) is 11.1. The Kier molecular flexibility index (Phi) is 5.96. The van der Waals surface area contributed by atoms with Crippen LogP contribution < -0.4 is 5.32 Å². The standard InChI is InChI=1S/C16H22BrNO3/c1-10-8-11(2)15(12(17)9-10)18-13(19)6-7-14(20)21-16(3,4)5/h8-9H,6-7H2,1-5H3,(H,18,19). The molecule has 0 saturated heterocycles. The Morgan fingerprint density at radius 3 is 2.33 bits per heavy atom. The van der Waals surface area contributed by atoms with Crippen molar-refractivity contribution in [2.24, 2.45) is 0 Å². The van der Waals surface area contributed by atoms with Crippen LogP contribution in [0.1, 0.15) is 44.7 Å². The van der Waals surface area contributed by atoms with Gasteiger partial charge in [-0.25, -0.2) is 0 Å². The maximum absolute atomic E-state index is 11.9. The van der Waals surface area contributed by atoms with Crippen LogP contribution in [0.15, 0.2) is 16.6 Å². The first kappa shape index (κ1) is 17.7. The summed E-state index contributed by atoms with van der Waals surface area (Å²) in [5.74, 6) is -0.564. The third-order valence-corrected chi connectivity index (χ3v) is 3.30. The predicted octanol–water partition coefficient (Wildman–Crippen LogP) is 4.13. The lowest BCUT2D eigenvalue weighted by molar-refractivity contribution is -0.155. The van der Waals surface area contributed by atoms with Gasteiger partial charge in [0, 0.05) is 10.9 Å². The number of anilines is 1. The zero-order valence-corrected chi connectivity index (χ0v) is 14.8. The molecule has 0 atom stereocenters. The molecule has 21 heavy (non-hydrogen) atoms. The van der Waals surface area contributed by atoms with Crippen molar-refractivity contribution in [1.29, 1.82) is 0 Å². The lowest BCUT2D eigenvalue weighted by atomic mass is 10.1. The molecule has 1 aromatic rings. The highest BCUT2D eigenvalue weighted by Gasteiger charge is 2.17. The number of nitrogens with one attached hydrogen (secondary N) is 1. The topological polar surface area (TPSA) is 55.4 Å². The molecule has 5 heteroatoms. The molecular weight excluding hydrogens is 334 g/mol. The van der Waals surface area contributed by atoms with Gasteiger partial charge in [0.05, 0.1) is 12.1 Å². The molecular formula is C16H22BrNO3. The molecule has 0 aliphatic heterocycles. The molecule has 1 N–H and O–H groups in total. The molecule has 0 heterocycles. The second-order valence-electron chi connectivity index (χ2n) is 6.07. The van der Waals surface area contributed by atoms with Crippen LogP contribution in [-0.4, -0.2) is 17.5 Å². The summed E-state index contributed by atoms with van der Waals surface area (Å²) in [6.45, 7) is 9.33. The number of rotatable bonds is 4. The largest absolute Gasteiger partial charge is 0.460 e. The predicted molar refractivity (Wildman–Crippen MR) is 87.3 cm³/mol. The number of amides is 1. The molecule has 0 radical (unpaired) electrons. The first-order chi connectivity index (χ1) is 9.58. The van der Waals surface area contributed by atoms with Gasteiger partial charge >= 0.3 is 5.97 Å². The van der Waals surface area contributed by atoms with Crippen molar-refractivity contribution < 1.29 is 14.3 Å². The number of hydrogen-bond donors (Lipinski definition) is 1. The SMILES string of the molecule is Cc1cc(C)c(NC(=O)CCC(=O)OC(C)(C)C)c(Br)c1. The number of benzene rings is 1. The lowest BCUT2D eigenvalue weighted by Gasteiger charge is -2.19. The van der Waals surface area contributed by atoms with Crippen LogP contribution in [-0.2, 0) is 14.3 Å². The quantitative estimate of drug-likeness (QED) is 0.826. The van der Waals surface area contributed by atoms with Gasteiger partial charge in [0.2, 0.25) is 5.91 Å². The lowest BCUT2D eigenvalue weighted by Crippen LogP contribution is -2.24. The fourth-order valence-electron chi connectivity index (χ4n) is 1.88. The van der Waals surface area contributed by atoms with E-state index in [0.29, 0.717) is 0 Å². The fourth-order valence-corrected chi connectivity index (χ4v) is 2.66. The molecule has 116 valence electrons. The monoisotopic (exact) mass is 355 g/mol. The van der Waals surface area contributed by atoms with Gasteiger partial charge in [-0.2, -0.15) is 0 Å². The number of hydrogen-bond acceptors (Lipinski definition) is 3. The molecule has 0 bridgehead atoms. The van der Waals surface area contributed by atoms with Crippen molar-refractivity contribution in [1.82, 2.24) is 0 Å². The van der Waals surface area contributed by atoms with Crippen LogP contribution in [0.3, 0.4) is 0 Å². The first-order valence-corrected chi connectivity index (χ1v) is 7.66. The smallest absolute Gasteiger partial charge is 0.306 e. The van der Waals surface area contributed by atoms with Crippen LogP contribution in [0.5, 0.6) is 0 Å². The molecule has 0 saturated carbocycles. The Bertz CT molecular complexity index is 524. The Balaban J connectivity index is 2.57. The molecule has 1 rings (SSSR count). The summed E-state index contributed by atoms with van der Waals surface area (Å²) in [4.78, 5) is 23.5. The number of aryl methyl sites for hydroxylation is 2. The summed E-state index contributed by atoms with van der Waals surface area (Å²) in [6, 6.07) is 3.94. The molecule has 1 aromatic carbocycles. The van der Waals surface area contributed by atoms with E-state index in [1.54, 1.807) is 20.8 Å². The molecule has 0 spiro atoms. The molecule has 0 unspecified atom stereocenters. The Morgan fingerprint density at radius 2 is 1.81 bits per heavy atom. The van der Waals surface area contributed by atoms with Crippen molar-refractivity contribution in [3.05, 3.63) is 27.7 Å². The van der Waals surface area contributed by atoms with Crippen molar-refractivity contribution in [2.45, 2.75) is 53.1 Å². The van der Waals surface area contributed by atoms with Gasteiger partial charge in [0.1, 0.15) is 5.60 Å². The van der Waals surface area contributed by atoms with E-state index in [0.717, 1.165) is 21.3 Å². The molecule has 0 aliphatic rings. The van der Waals surface area contributed by atoms with Gasteiger partial charge in [0.25, 0.3) is 0 Å². The van der Waals surface area contributed by atoms with Crippen molar-refractivity contribution in [3.8, 4) is 0 Å². The number of ether oxygens (including phenoxy) is 1. The minimum atomic E-state index is -0.524. The van der Waals surface area contributed by atoms with Crippen molar-refractivity contribution in [2.75, 3.05) is 5.32 Å². The Hall–Kier alpha value is -1.36. The van der Waals surface area contributed by atoms with Crippen molar-refractivity contribution >= 4 is 33.5 Å². The summed E-state index contributed by atoms with van der Waals surface area (Å²) in [6.07, 6.45) is 0.181. The Labute approximate surface area is 134 Å². The van der Waals surface area contributed by atoms with E-state index in [2.05, 4.69) is 21.2 Å².